The van der Waals surface area contributed by atoms with Crippen molar-refractivity contribution in [1.82, 2.24) is 14.7 Å². The molecule has 4 nitrogen and oxygen atoms in total. The monoisotopic (exact) mass is 223 g/mol. The second-order valence-electron chi connectivity index (χ2n) is 4.71. The van der Waals surface area contributed by atoms with Gasteiger partial charge in [0.2, 0.25) is 0 Å². The van der Waals surface area contributed by atoms with Crippen LogP contribution in [-0.2, 0) is 18.3 Å². The van der Waals surface area contributed by atoms with E-state index in [1.807, 2.05) is 17.9 Å². The van der Waals surface area contributed by atoms with Crippen molar-refractivity contribution in [3.63, 3.8) is 0 Å². The van der Waals surface area contributed by atoms with Crippen LogP contribution in [0.25, 0.3) is 0 Å². The summed E-state index contributed by atoms with van der Waals surface area (Å²) in [5.41, 5.74) is 1.26. The van der Waals surface area contributed by atoms with Crippen LogP contribution < -0.4 is 0 Å². The molecule has 0 bridgehead atoms. The highest BCUT2D eigenvalue weighted by Crippen LogP contribution is 2.14. The predicted molar refractivity (Wildman–Crippen MR) is 63.1 cm³/mol. The molecule has 4 heteroatoms. The molecule has 1 aromatic heterocycles. The lowest BCUT2D eigenvalue weighted by molar-refractivity contribution is -0.00259. The topological polar surface area (TPSA) is 30.3 Å². The number of hydrogen-bond acceptors (Lipinski definition) is 3. The molecule has 1 atom stereocenters. The quantitative estimate of drug-likeness (QED) is 0.773. The molecule has 16 heavy (non-hydrogen) atoms. The van der Waals surface area contributed by atoms with Crippen LogP contribution in [0.2, 0.25) is 0 Å². The average molecular weight is 223 g/mol. The van der Waals surface area contributed by atoms with Gasteiger partial charge in [-0.1, -0.05) is 0 Å². The van der Waals surface area contributed by atoms with Crippen molar-refractivity contribution in [2.75, 3.05) is 20.2 Å². The van der Waals surface area contributed by atoms with E-state index in [2.05, 4.69) is 23.2 Å². The Morgan fingerprint density at radius 3 is 3.06 bits per heavy atom. The Kier molecular flexibility index (Phi) is 3.96. The van der Waals surface area contributed by atoms with E-state index in [-0.39, 0.29) is 0 Å². The molecule has 0 aliphatic carbocycles. The molecular weight excluding hydrogens is 202 g/mol. The van der Waals surface area contributed by atoms with Crippen LogP contribution in [0.15, 0.2) is 12.4 Å². The summed E-state index contributed by atoms with van der Waals surface area (Å²) in [6.45, 7) is 2.91. The van der Waals surface area contributed by atoms with E-state index >= 15 is 0 Å². The number of aromatic nitrogens is 2. The van der Waals surface area contributed by atoms with Crippen LogP contribution >= 0.6 is 0 Å². The molecule has 0 aromatic carbocycles. The van der Waals surface area contributed by atoms with E-state index < -0.39 is 0 Å². The van der Waals surface area contributed by atoms with Crippen LogP contribution in [-0.4, -0.2) is 41.0 Å². The van der Waals surface area contributed by atoms with E-state index in [1.165, 1.54) is 24.8 Å². The Morgan fingerprint density at radius 1 is 1.56 bits per heavy atom. The number of aryl methyl sites for hydroxylation is 1. The molecular formula is C12H21N3O. The Hall–Kier alpha value is -0.870. The van der Waals surface area contributed by atoms with Crippen LogP contribution in [0.1, 0.15) is 24.8 Å². The molecule has 1 unspecified atom stereocenters. The van der Waals surface area contributed by atoms with Gasteiger partial charge >= 0.3 is 0 Å². The van der Waals surface area contributed by atoms with Crippen molar-refractivity contribution in [1.29, 1.82) is 0 Å². The van der Waals surface area contributed by atoms with Gasteiger partial charge in [0.15, 0.2) is 0 Å². The van der Waals surface area contributed by atoms with Gasteiger partial charge in [-0.2, -0.15) is 5.10 Å². The second kappa shape index (κ2) is 5.46. The molecule has 1 aliphatic heterocycles. The number of nitrogens with zero attached hydrogens (tertiary/aromatic N) is 3. The number of hydrogen-bond donors (Lipinski definition) is 0. The van der Waals surface area contributed by atoms with Crippen molar-refractivity contribution in [2.24, 2.45) is 7.05 Å². The Morgan fingerprint density at radius 2 is 2.44 bits per heavy atom. The van der Waals surface area contributed by atoms with E-state index in [0.29, 0.717) is 6.10 Å². The zero-order valence-corrected chi connectivity index (χ0v) is 10.2. The number of ether oxygens (including phenoxy) is 1. The highest BCUT2D eigenvalue weighted by Gasteiger charge is 2.15. The van der Waals surface area contributed by atoms with Gasteiger partial charge in [0.1, 0.15) is 0 Å². The predicted octanol–water partition coefficient (Wildman–Crippen LogP) is 1.42. The van der Waals surface area contributed by atoms with Gasteiger partial charge in [0, 0.05) is 38.5 Å². The maximum Gasteiger partial charge on any atom is 0.0702 e. The second-order valence-corrected chi connectivity index (χ2v) is 4.71. The van der Waals surface area contributed by atoms with E-state index in [4.69, 9.17) is 4.74 Å². The summed E-state index contributed by atoms with van der Waals surface area (Å²) in [6.07, 6.45) is 8.16. The average Bonchev–Trinajstić information content (AvgIpc) is 2.65. The van der Waals surface area contributed by atoms with E-state index in [9.17, 15) is 0 Å². The van der Waals surface area contributed by atoms with Gasteiger partial charge in [-0.25, -0.2) is 0 Å². The third-order valence-corrected chi connectivity index (χ3v) is 3.00. The van der Waals surface area contributed by atoms with Crippen LogP contribution in [0.4, 0.5) is 0 Å². The Labute approximate surface area is 97.2 Å². The van der Waals surface area contributed by atoms with Crippen molar-refractivity contribution in [2.45, 2.75) is 31.9 Å². The first kappa shape index (κ1) is 11.6. The molecule has 2 rings (SSSR count). The fourth-order valence-electron chi connectivity index (χ4n) is 2.23. The van der Waals surface area contributed by atoms with Gasteiger partial charge in [-0.15, -0.1) is 0 Å². The molecule has 0 saturated carbocycles. The van der Waals surface area contributed by atoms with Crippen molar-refractivity contribution in [3.8, 4) is 0 Å². The highest BCUT2D eigenvalue weighted by molar-refractivity contribution is 5.03. The fourth-order valence-corrected chi connectivity index (χ4v) is 2.23. The van der Waals surface area contributed by atoms with Gasteiger partial charge in [-0.05, 0) is 26.3 Å². The largest absolute Gasteiger partial charge is 0.377 e. The van der Waals surface area contributed by atoms with Gasteiger partial charge in [0.05, 0.1) is 12.3 Å². The smallest absolute Gasteiger partial charge is 0.0702 e. The normalized spacial score (nSPS) is 21.6. The number of likely N-dealkylation sites (N-methyl/N-ethyl adjacent to an activating group) is 1. The van der Waals surface area contributed by atoms with Crippen molar-refractivity contribution < 1.29 is 4.74 Å². The first-order chi connectivity index (χ1) is 7.74. The van der Waals surface area contributed by atoms with E-state index in [0.717, 1.165) is 19.7 Å². The minimum Gasteiger partial charge on any atom is -0.377 e. The lowest BCUT2D eigenvalue weighted by atomic mass is 10.1. The minimum absolute atomic E-state index is 0.426. The van der Waals surface area contributed by atoms with Crippen LogP contribution in [0.5, 0.6) is 0 Å². The van der Waals surface area contributed by atoms with E-state index in [1.54, 1.807) is 0 Å². The summed E-state index contributed by atoms with van der Waals surface area (Å²) in [5, 5.41) is 4.18. The SMILES string of the molecule is CN(Cc1cnn(C)c1)CC1CCCCO1. The summed E-state index contributed by atoms with van der Waals surface area (Å²) < 4.78 is 7.58. The molecule has 2 heterocycles. The van der Waals surface area contributed by atoms with Gasteiger partial charge in [0.25, 0.3) is 0 Å². The van der Waals surface area contributed by atoms with Gasteiger partial charge < -0.3 is 4.74 Å². The van der Waals surface area contributed by atoms with Crippen molar-refractivity contribution in [3.05, 3.63) is 18.0 Å². The third kappa shape index (κ3) is 3.32. The molecule has 0 amide bonds. The number of rotatable bonds is 4. The summed E-state index contributed by atoms with van der Waals surface area (Å²) in [5.74, 6) is 0. The maximum absolute atomic E-state index is 5.73. The summed E-state index contributed by atoms with van der Waals surface area (Å²) in [6, 6.07) is 0. The Balaban J connectivity index is 1.77. The molecule has 0 radical (unpaired) electrons. The van der Waals surface area contributed by atoms with Crippen LogP contribution in [0, 0.1) is 0 Å². The first-order valence-corrected chi connectivity index (χ1v) is 6.02. The summed E-state index contributed by atoms with van der Waals surface area (Å²) >= 11 is 0. The minimum atomic E-state index is 0.426. The third-order valence-electron chi connectivity index (χ3n) is 3.00. The molecule has 0 spiro atoms. The molecule has 1 fully saturated rings. The lowest BCUT2D eigenvalue weighted by Gasteiger charge is -2.27. The standard InChI is InChI=1S/C12H21N3O/c1-14(8-11-7-13-15(2)9-11)10-12-5-3-4-6-16-12/h7,9,12H,3-6,8,10H2,1-2H3. The zero-order valence-electron chi connectivity index (χ0n) is 10.2. The molecule has 1 aromatic rings. The van der Waals surface area contributed by atoms with Crippen LogP contribution in [0.3, 0.4) is 0 Å². The fraction of sp³-hybridized carbons (Fsp3) is 0.750. The van der Waals surface area contributed by atoms with Crippen molar-refractivity contribution >= 4 is 0 Å². The molecule has 1 aliphatic rings. The summed E-state index contributed by atoms with van der Waals surface area (Å²) in [7, 11) is 4.10. The first-order valence-electron chi connectivity index (χ1n) is 6.02. The molecule has 0 N–H and O–H groups in total. The lowest BCUT2D eigenvalue weighted by Crippen LogP contribution is -2.32. The zero-order chi connectivity index (χ0) is 11.4. The highest BCUT2D eigenvalue weighted by atomic mass is 16.5. The Bertz CT molecular complexity index is 318. The van der Waals surface area contributed by atoms with Gasteiger partial charge in [-0.3, -0.25) is 9.58 Å². The summed E-state index contributed by atoms with van der Waals surface area (Å²) in [4.78, 5) is 2.31. The molecule has 90 valence electrons. The maximum atomic E-state index is 5.73. The molecule has 1 saturated heterocycles.